The van der Waals surface area contributed by atoms with E-state index in [-0.39, 0.29) is 40.3 Å². The fourth-order valence-electron chi connectivity index (χ4n) is 10.0. The minimum absolute atomic E-state index is 0.0238. The van der Waals surface area contributed by atoms with Gasteiger partial charge in [-0.1, -0.05) is 24.3 Å². The first-order valence-corrected chi connectivity index (χ1v) is 28.0. The number of carboxylic acids is 2. The summed E-state index contributed by atoms with van der Waals surface area (Å²) in [5, 5.41) is 20.1. The molecule has 10 rings (SSSR count). The van der Waals surface area contributed by atoms with Gasteiger partial charge in [-0.15, -0.1) is 0 Å². The maximum absolute atomic E-state index is 14.5. The second kappa shape index (κ2) is 22.8. The number of fused-ring (bicyclic) bond motifs is 1. The molecule has 0 amide bonds. The van der Waals surface area contributed by atoms with E-state index in [0.29, 0.717) is 40.4 Å². The van der Waals surface area contributed by atoms with E-state index in [1.807, 2.05) is 34.7 Å². The van der Waals surface area contributed by atoms with Gasteiger partial charge in [-0.25, -0.2) is 36.7 Å². The van der Waals surface area contributed by atoms with E-state index in [2.05, 4.69) is 118 Å². The highest BCUT2D eigenvalue weighted by Gasteiger charge is 2.63. The van der Waals surface area contributed by atoms with Crippen LogP contribution in [0.5, 0.6) is 17.2 Å². The summed E-state index contributed by atoms with van der Waals surface area (Å²) in [5.41, 5.74) is -5.67. The van der Waals surface area contributed by atoms with E-state index >= 15 is 0 Å². The molecule has 4 bridgehead atoms. The number of carboxylic acid groups (broad SMARTS) is 2. The Hall–Kier alpha value is -3.78. The van der Waals surface area contributed by atoms with Crippen LogP contribution in [-0.4, -0.2) is 46.5 Å². The zero-order chi connectivity index (χ0) is 55.6. The van der Waals surface area contributed by atoms with E-state index in [9.17, 15) is 69.0 Å². The van der Waals surface area contributed by atoms with Gasteiger partial charge in [-0.05, 0) is 221 Å². The topological polar surface area (TPSA) is 183 Å². The molecule has 4 aliphatic carbocycles. The van der Waals surface area contributed by atoms with Gasteiger partial charge in [-0.2, -0.15) is 17.6 Å². The highest BCUT2D eigenvalue weighted by molar-refractivity contribution is 14.1. The van der Waals surface area contributed by atoms with Gasteiger partial charge in [0.05, 0.1) is 33.6 Å². The molecule has 0 aliphatic heterocycles. The number of esters is 4. The van der Waals surface area contributed by atoms with Crippen molar-refractivity contribution >= 4 is 182 Å². The van der Waals surface area contributed by atoms with Crippen LogP contribution in [0.25, 0.3) is 10.8 Å². The van der Waals surface area contributed by atoms with Crippen LogP contribution in [0.1, 0.15) is 90.3 Å². The Labute approximate surface area is 504 Å². The lowest BCUT2D eigenvalue weighted by molar-refractivity contribution is -0.255. The lowest BCUT2D eigenvalue weighted by atomic mass is 9.48. The fourth-order valence-corrected chi connectivity index (χ4v) is 14.8. The molecule has 2 atom stereocenters. The Balaban J connectivity index is 0.000000201. The quantitative estimate of drug-likeness (QED) is 0.0451. The Morgan fingerprint density at radius 1 is 0.539 bits per heavy atom. The van der Waals surface area contributed by atoms with Crippen LogP contribution in [0, 0.1) is 85.2 Å². The second-order valence-electron chi connectivity index (χ2n) is 17.7. The average molecular weight is 1730 g/mol. The summed E-state index contributed by atoms with van der Waals surface area (Å²) in [7, 11) is 0. The molecule has 0 saturated heterocycles. The third kappa shape index (κ3) is 11.2. The van der Waals surface area contributed by atoms with Crippen molar-refractivity contribution in [3.63, 3.8) is 0 Å². The second-order valence-corrected chi connectivity index (χ2v) is 24.6. The standard InChI is InChI=1S/C25H17F4I3O6.C25H9F4I3O6/c26-15-14(21(33)34)16(27)18(29)20(17(15)28)37-23(36)24-4-9-1-10(5-24)7-25(6-9,8-24)38-22(35)12-2-11(30)3-13(31)19(12)32;26-17-16(23(33)34)18(27)20(29)22(19(17)28)38-24(35)12-5-6-15(11-4-2-1-3-10(11)12)37-25(36)13-7-9(30)8-14(31)21(13)32/h2-3,9-10H,1,4-8H2,(H,33,34);1-8H,(H,33,34)/p-1. The van der Waals surface area contributed by atoms with Gasteiger partial charge in [0.2, 0.25) is 34.8 Å². The normalized spacial score (nSPS) is 19.1. The molecular weight excluding hydrogens is 1710 g/mol. The molecule has 0 aromatic heterocycles. The van der Waals surface area contributed by atoms with Crippen molar-refractivity contribution in [3.05, 3.63) is 156 Å². The lowest BCUT2D eigenvalue weighted by Gasteiger charge is -2.59. The summed E-state index contributed by atoms with van der Waals surface area (Å²) < 4.78 is 140. The number of benzene rings is 6. The molecule has 1 N–H and O–H groups in total. The number of rotatable bonds is 10. The van der Waals surface area contributed by atoms with Gasteiger partial charge < -0.3 is 34.0 Å². The van der Waals surface area contributed by atoms with E-state index in [1.165, 1.54) is 24.3 Å². The van der Waals surface area contributed by atoms with E-state index < -0.39 is 116 Å². The van der Waals surface area contributed by atoms with E-state index in [1.54, 1.807) is 18.2 Å². The first kappa shape index (κ1) is 58.4. The van der Waals surface area contributed by atoms with Crippen LogP contribution < -0.4 is 19.3 Å². The molecule has 6 aromatic carbocycles. The van der Waals surface area contributed by atoms with Gasteiger partial charge in [0.1, 0.15) is 16.9 Å². The molecule has 4 saturated carbocycles. The van der Waals surface area contributed by atoms with Crippen molar-refractivity contribution < 1.29 is 93.1 Å². The summed E-state index contributed by atoms with van der Waals surface area (Å²) in [4.78, 5) is 74.3. The predicted octanol–water partition coefficient (Wildman–Crippen LogP) is 12.9. The van der Waals surface area contributed by atoms with Gasteiger partial charge in [-0.3, -0.25) is 4.79 Å². The van der Waals surface area contributed by atoms with Gasteiger partial charge in [0, 0.05) is 33.2 Å². The van der Waals surface area contributed by atoms with Crippen LogP contribution in [0.15, 0.2) is 60.7 Å². The molecule has 0 radical (unpaired) electrons. The van der Waals surface area contributed by atoms with Crippen molar-refractivity contribution in [1.82, 2.24) is 0 Å². The molecule has 396 valence electrons. The van der Waals surface area contributed by atoms with Gasteiger partial charge >= 0.3 is 29.8 Å². The highest BCUT2D eigenvalue weighted by atomic mass is 127. The van der Waals surface area contributed by atoms with Crippen LogP contribution >= 0.6 is 136 Å². The number of carbonyl (C=O) groups excluding carboxylic acids is 5. The fraction of sp³-hybridized carbons (Fsp3) is 0.200. The summed E-state index contributed by atoms with van der Waals surface area (Å²) in [6.45, 7) is 0. The van der Waals surface area contributed by atoms with Crippen LogP contribution in [0.2, 0.25) is 0 Å². The molecule has 0 heterocycles. The molecular formula is C50H25F8I6O12-. The van der Waals surface area contributed by atoms with Crippen molar-refractivity contribution in [2.75, 3.05) is 0 Å². The monoisotopic (exact) mass is 1730 g/mol. The Kier molecular flexibility index (Phi) is 17.5. The van der Waals surface area contributed by atoms with Crippen LogP contribution in [-0.2, 0) is 9.53 Å². The zero-order valence-corrected chi connectivity index (χ0v) is 50.3. The number of hydrogen-bond donors (Lipinski definition) is 1. The van der Waals surface area contributed by atoms with Gasteiger partial charge in [0.15, 0.2) is 23.3 Å². The minimum Gasteiger partial charge on any atom is -0.545 e. The van der Waals surface area contributed by atoms with Crippen molar-refractivity contribution in [1.29, 1.82) is 0 Å². The maximum Gasteiger partial charge on any atom is 0.344 e. The largest absolute Gasteiger partial charge is 0.545 e. The molecule has 6 aromatic rings. The third-order valence-corrected chi connectivity index (χ3v) is 20.1. The summed E-state index contributed by atoms with van der Waals surface area (Å²) in [5.74, 6) is -29.4. The molecule has 26 heteroatoms. The maximum atomic E-state index is 14.5. The Morgan fingerprint density at radius 2 is 1.00 bits per heavy atom. The minimum atomic E-state index is -2.50. The van der Waals surface area contributed by atoms with Crippen molar-refractivity contribution in [2.24, 2.45) is 17.3 Å². The summed E-state index contributed by atoms with van der Waals surface area (Å²) in [6, 6.07) is 15.6. The number of ether oxygens (including phenoxy) is 4. The molecule has 76 heavy (non-hydrogen) atoms. The van der Waals surface area contributed by atoms with E-state index in [0.717, 1.165) is 30.3 Å². The summed E-state index contributed by atoms with van der Waals surface area (Å²) in [6.07, 6.45) is 2.47. The smallest absolute Gasteiger partial charge is 0.344 e. The van der Waals surface area contributed by atoms with Crippen molar-refractivity contribution in [3.8, 4) is 17.2 Å². The Bertz CT molecular complexity index is 3470. The molecule has 12 nitrogen and oxygen atoms in total. The number of aromatic carboxylic acids is 2. The number of carbonyl (C=O) groups is 6. The molecule has 0 spiro atoms. The van der Waals surface area contributed by atoms with Crippen LogP contribution in [0.3, 0.4) is 0 Å². The zero-order valence-electron chi connectivity index (χ0n) is 37.4. The Morgan fingerprint density at radius 3 is 1.50 bits per heavy atom. The number of hydrogen-bond acceptors (Lipinski definition) is 11. The number of halogens is 14. The van der Waals surface area contributed by atoms with Crippen molar-refractivity contribution in [2.45, 2.75) is 44.1 Å². The first-order chi connectivity index (χ1) is 35.7. The SMILES string of the molecule is O=C(OC12CC3CC(C1)CC(C(=O)Oc1c(F)c(F)c(C(=O)O)c(F)c1F)(C3)C2)c1cc(I)cc(I)c1I.O=C(Oc1ccc(C(=O)Oc2c(F)c(F)c(C(=O)[O-])c(F)c2F)c2ccccc12)c1cc(I)cc(I)c1I. The van der Waals surface area contributed by atoms with Gasteiger partial charge in [0.25, 0.3) is 0 Å². The predicted molar refractivity (Wildman–Crippen MR) is 298 cm³/mol. The molecule has 2 unspecified atom stereocenters. The van der Waals surface area contributed by atoms with E-state index in [4.69, 9.17) is 19.3 Å². The van der Waals surface area contributed by atoms with Crippen LogP contribution in [0.4, 0.5) is 35.1 Å². The molecule has 4 aliphatic rings. The first-order valence-electron chi connectivity index (χ1n) is 21.5. The summed E-state index contributed by atoms with van der Waals surface area (Å²) >= 11 is 12.5. The molecule has 4 fully saturated rings. The average Bonchev–Trinajstić information content (AvgIpc) is 3.35. The lowest BCUT2D eigenvalue weighted by Crippen LogP contribution is -2.60. The highest BCUT2D eigenvalue weighted by Crippen LogP contribution is 2.63. The third-order valence-electron chi connectivity index (χ3n) is 12.7.